The fourth-order valence-electron chi connectivity index (χ4n) is 3.06. The molecule has 0 aliphatic rings. The van der Waals surface area contributed by atoms with Crippen molar-refractivity contribution in [3.8, 4) is 11.5 Å². The van der Waals surface area contributed by atoms with Gasteiger partial charge in [-0.15, -0.1) is 0 Å². The first-order valence-electron chi connectivity index (χ1n) is 9.77. The number of ether oxygens (including phenoxy) is 3. The summed E-state index contributed by atoms with van der Waals surface area (Å²) < 4.78 is 93.8. The number of fused-ring (bicyclic) bond motifs is 1. The molecule has 13 heteroatoms. The minimum atomic E-state index is -4.71. The highest BCUT2D eigenvalue weighted by molar-refractivity contribution is 5.91. The maximum absolute atomic E-state index is 13.3. The Kier molecular flexibility index (Phi) is 7.34. The Morgan fingerprint density at radius 3 is 2.35 bits per heavy atom. The third-order valence-electron chi connectivity index (χ3n) is 4.63. The number of rotatable bonds is 8. The summed E-state index contributed by atoms with van der Waals surface area (Å²) in [5.41, 5.74) is -0.451. The third-order valence-corrected chi connectivity index (χ3v) is 4.63. The normalized spacial score (nSPS) is 13.1. The van der Waals surface area contributed by atoms with E-state index in [4.69, 9.17) is 9.47 Å². The van der Waals surface area contributed by atoms with E-state index in [0.29, 0.717) is 11.3 Å². The first kappa shape index (κ1) is 25.3. The van der Waals surface area contributed by atoms with Crippen molar-refractivity contribution in [2.45, 2.75) is 31.9 Å². The zero-order valence-electron chi connectivity index (χ0n) is 18.2. The van der Waals surface area contributed by atoms with Crippen molar-refractivity contribution in [2.24, 2.45) is 0 Å². The quantitative estimate of drug-likeness (QED) is 0.449. The first-order chi connectivity index (χ1) is 15.9. The molecule has 1 aromatic carbocycles. The SMILES string of the molecule is COCC(Oc1cc2c(NCc3cc(C(F)(F)F)ccn3)nc(C)nc2cc1OC)C(F)(F)F. The molecular weight excluding hydrogens is 470 g/mol. The second kappa shape index (κ2) is 9.87. The topological polar surface area (TPSA) is 78.4 Å². The van der Waals surface area contributed by atoms with E-state index in [0.717, 1.165) is 25.4 Å². The standard InChI is InChI=1S/C21H20F6N4O3/c1-11-30-15-8-16(33-3)17(34-18(10-32-2)21(25,26)27)7-14(15)19(31-11)29-9-13-6-12(4-5-28-13)20(22,23)24/h4-8,18H,9-10H2,1-3H3,(H,29,30,31). The number of halogens is 6. The van der Waals surface area contributed by atoms with Crippen molar-refractivity contribution >= 4 is 16.7 Å². The maximum atomic E-state index is 13.3. The van der Waals surface area contributed by atoms with Gasteiger partial charge in [-0.3, -0.25) is 4.98 Å². The molecule has 0 aliphatic heterocycles. The van der Waals surface area contributed by atoms with Crippen molar-refractivity contribution < 1.29 is 40.6 Å². The molecule has 2 heterocycles. The summed E-state index contributed by atoms with van der Waals surface area (Å²) in [6, 6.07) is 4.39. The van der Waals surface area contributed by atoms with Crippen molar-refractivity contribution in [1.29, 1.82) is 0 Å². The Bertz CT molecular complexity index is 1150. The van der Waals surface area contributed by atoms with Crippen LogP contribution >= 0.6 is 0 Å². The highest BCUT2D eigenvalue weighted by Gasteiger charge is 2.42. The second-order valence-electron chi connectivity index (χ2n) is 7.13. The monoisotopic (exact) mass is 490 g/mol. The number of hydrogen-bond acceptors (Lipinski definition) is 7. The fraction of sp³-hybridized carbons (Fsp3) is 0.381. The molecular formula is C21H20F6N4O3. The maximum Gasteiger partial charge on any atom is 0.427 e. The number of pyridine rings is 1. The van der Waals surface area contributed by atoms with Crippen LogP contribution in [-0.4, -0.2) is 48.1 Å². The Morgan fingerprint density at radius 1 is 1.00 bits per heavy atom. The predicted molar refractivity (Wildman–Crippen MR) is 110 cm³/mol. The van der Waals surface area contributed by atoms with Gasteiger partial charge >= 0.3 is 12.4 Å². The van der Waals surface area contributed by atoms with Gasteiger partial charge in [0.2, 0.25) is 6.10 Å². The number of methoxy groups -OCH3 is 2. The fourth-order valence-corrected chi connectivity index (χ4v) is 3.06. The van der Waals surface area contributed by atoms with Crippen molar-refractivity contribution in [3.05, 3.63) is 47.5 Å². The van der Waals surface area contributed by atoms with Crippen LogP contribution in [0, 0.1) is 6.92 Å². The summed E-state index contributed by atoms with van der Waals surface area (Å²) in [6.45, 7) is 0.705. The predicted octanol–water partition coefficient (Wildman–Crippen LogP) is 4.93. The number of nitrogens with one attached hydrogen (secondary N) is 1. The zero-order valence-corrected chi connectivity index (χ0v) is 18.2. The largest absolute Gasteiger partial charge is 0.493 e. The molecule has 3 aromatic rings. The lowest BCUT2D eigenvalue weighted by Gasteiger charge is -2.22. The van der Waals surface area contributed by atoms with Gasteiger partial charge in [-0.1, -0.05) is 0 Å². The molecule has 1 atom stereocenters. The number of aryl methyl sites for hydroxylation is 1. The number of benzene rings is 1. The van der Waals surface area contributed by atoms with Crippen LogP contribution < -0.4 is 14.8 Å². The zero-order chi connectivity index (χ0) is 25.1. The molecule has 1 N–H and O–H groups in total. The highest BCUT2D eigenvalue weighted by Crippen LogP contribution is 2.37. The summed E-state index contributed by atoms with van der Waals surface area (Å²) in [6.07, 6.45) is -10.5. The lowest BCUT2D eigenvalue weighted by molar-refractivity contribution is -0.206. The summed E-state index contributed by atoms with van der Waals surface area (Å²) in [5, 5.41) is 3.14. The van der Waals surface area contributed by atoms with Gasteiger partial charge in [0.05, 0.1) is 37.0 Å². The molecule has 0 saturated carbocycles. The molecule has 7 nitrogen and oxygen atoms in total. The summed E-state index contributed by atoms with van der Waals surface area (Å²) in [4.78, 5) is 12.4. The van der Waals surface area contributed by atoms with Crippen molar-refractivity contribution in [1.82, 2.24) is 15.0 Å². The van der Waals surface area contributed by atoms with E-state index in [9.17, 15) is 26.3 Å². The molecule has 0 aliphatic carbocycles. The van der Waals surface area contributed by atoms with E-state index in [1.165, 1.54) is 19.2 Å². The van der Waals surface area contributed by atoms with Gasteiger partial charge in [-0.25, -0.2) is 9.97 Å². The van der Waals surface area contributed by atoms with E-state index in [-0.39, 0.29) is 34.9 Å². The number of hydrogen-bond donors (Lipinski definition) is 1. The number of alkyl halides is 6. The smallest absolute Gasteiger partial charge is 0.427 e. The van der Waals surface area contributed by atoms with Gasteiger partial charge in [0.1, 0.15) is 11.6 Å². The summed E-state index contributed by atoms with van der Waals surface area (Å²) in [5.74, 6) is 0.253. The minimum absolute atomic E-state index is 0.00134. The van der Waals surface area contributed by atoms with Gasteiger partial charge in [0.15, 0.2) is 11.5 Å². The van der Waals surface area contributed by atoms with Crippen molar-refractivity contribution in [2.75, 3.05) is 26.1 Å². The number of aromatic nitrogens is 3. The second-order valence-corrected chi connectivity index (χ2v) is 7.13. The Labute approximate surface area is 190 Å². The number of anilines is 1. The Balaban J connectivity index is 1.98. The summed E-state index contributed by atoms with van der Waals surface area (Å²) >= 11 is 0. The molecule has 0 saturated heterocycles. The van der Waals surface area contributed by atoms with Crippen LogP contribution in [0.3, 0.4) is 0 Å². The molecule has 0 bridgehead atoms. The Hall–Kier alpha value is -3.35. The molecule has 0 fully saturated rings. The van der Waals surface area contributed by atoms with Gasteiger partial charge in [0.25, 0.3) is 0 Å². The first-order valence-corrected chi connectivity index (χ1v) is 9.77. The molecule has 1 unspecified atom stereocenters. The average molecular weight is 490 g/mol. The lowest BCUT2D eigenvalue weighted by atomic mass is 10.2. The van der Waals surface area contributed by atoms with Crippen LogP contribution in [0.25, 0.3) is 10.9 Å². The molecule has 0 radical (unpaired) electrons. The van der Waals surface area contributed by atoms with Gasteiger partial charge in [0, 0.05) is 24.8 Å². The number of nitrogens with zero attached hydrogens (tertiary/aromatic N) is 3. The average Bonchev–Trinajstić information content (AvgIpc) is 2.75. The highest BCUT2D eigenvalue weighted by atomic mass is 19.4. The van der Waals surface area contributed by atoms with Gasteiger partial charge in [-0.2, -0.15) is 26.3 Å². The van der Waals surface area contributed by atoms with Crippen LogP contribution in [0.15, 0.2) is 30.5 Å². The van der Waals surface area contributed by atoms with E-state index >= 15 is 0 Å². The van der Waals surface area contributed by atoms with E-state index in [1.54, 1.807) is 6.92 Å². The molecule has 34 heavy (non-hydrogen) atoms. The summed E-state index contributed by atoms with van der Waals surface area (Å²) in [7, 11) is 2.37. The molecule has 0 amide bonds. The van der Waals surface area contributed by atoms with Gasteiger partial charge in [-0.05, 0) is 25.1 Å². The van der Waals surface area contributed by atoms with Crippen molar-refractivity contribution in [3.63, 3.8) is 0 Å². The minimum Gasteiger partial charge on any atom is -0.493 e. The van der Waals surface area contributed by atoms with Crippen LogP contribution in [0.2, 0.25) is 0 Å². The lowest BCUT2D eigenvalue weighted by Crippen LogP contribution is -2.38. The van der Waals surface area contributed by atoms with E-state index < -0.39 is 30.6 Å². The van der Waals surface area contributed by atoms with Crippen LogP contribution in [0.4, 0.5) is 32.2 Å². The molecule has 0 spiro atoms. The van der Waals surface area contributed by atoms with Crippen LogP contribution in [0.5, 0.6) is 11.5 Å². The third kappa shape index (κ3) is 5.95. The van der Waals surface area contributed by atoms with E-state index in [1.807, 2.05) is 0 Å². The van der Waals surface area contributed by atoms with Crippen LogP contribution in [-0.2, 0) is 17.5 Å². The van der Waals surface area contributed by atoms with E-state index in [2.05, 4.69) is 25.0 Å². The Morgan fingerprint density at radius 2 is 1.74 bits per heavy atom. The molecule has 2 aromatic heterocycles. The van der Waals surface area contributed by atoms with Crippen LogP contribution in [0.1, 0.15) is 17.1 Å². The van der Waals surface area contributed by atoms with Gasteiger partial charge < -0.3 is 19.5 Å². The molecule has 184 valence electrons. The molecule has 3 rings (SSSR count).